The summed E-state index contributed by atoms with van der Waals surface area (Å²) >= 11 is 6.36. The van der Waals surface area contributed by atoms with E-state index >= 15 is 0 Å². The van der Waals surface area contributed by atoms with Gasteiger partial charge in [0.15, 0.2) is 0 Å². The van der Waals surface area contributed by atoms with Gasteiger partial charge in [-0.3, -0.25) is 4.68 Å². The molecule has 0 radical (unpaired) electrons. The van der Waals surface area contributed by atoms with Gasteiger partial charge in [-0.05, 0) is 33.7 Å². The summed E-state index contributed by atoms with van der Waals surface area (Å²) in [5, 5.41) is 8.77. The predicted octanol–water partition coefficient (Wildman–Crippen LogP) is 2.81. The highest BCUT2D eigenvalue weighted by Gasteiger charge is 2.17. The Morgan fingerprint density at radius 1 is 1.37 bits per heavy atom. The number of rotatable bonds is 9. The SMILES string of the molecule is CCNC(CCOCC)Cc1c(Cl)c(C)nn1CC. The summed E-state index contributed by atoms with van der Waals surface area (Å²) in [6.07, 6.45) is 1.89. The van der Waals surface area contributed by atoms with Crippen LogP contribution in [0.15, 0.2) is 0 Å². The third-order valence-corrected chi connectivity index (χ3v) is 3.69. The van der Waals surface area contributed by atoms with E-state index in [9.17, 15) is 0 Å². The molecule has 0 aliphatic rings. The summed E-state index contributed by atoms with van der Waals surface area (Å²) in [7, 11) is 0. The van der Waals surface area contributed by atoms with Crippen molar-refractivity contribution in [1.29, 1.82) is 0 Å². The minimum Gasteiger partial charge on any atom is -0.382 e. The Hall–Kier alpha value is -0.580. The molecular weight excluding hydrogens is 262 g/mol. The average Bonchev–Trinajstić information content (AvgIpc) is 2.67. The number of likely N-dealkylation sites (N-methyl/N-ethyl adjacent to an activating group) is 1. The molecule has 1 heterocycles. The third kappa shape index (κ3) is 4.79. The molecular formula is C14H26ClN3O. The quantitative estimate of drug-likeness (QED) is 0.710. The number of ether oxygens (including phenoxy) is 1. The van der Waals surface area contributed by atoms with Crippen molar-refractivity contribution in [3.05, 3.63) is 16.4 Å². The van der Waals surface area contributed by atoms with Crippen molar-refractivity contribution in [1.82, 2.24) is 15.1 Å². The number of aryl methyl sites for hydroxylation is 2. The van der Waals surface area contributed by atoms with Gasteiger partial charge in [0.2, 0.25) is 0 Å². The normalized spacial score (nSPS) is 12.9. The highest BCUT2D eigenvalue weighted by Crippen LogP contribution is 2.22. The molecule has 0 aromatic carbocycles. The summed E-state index contributed by atoms with van der Waals surface area (Å²) < 4.78 is 7.45. The van der Waals surface area contributed by atoms with Gasteiger partial charge in [0.1, 0.15) is 0 Å². The molecule has 1 aromatic rings. The Morgan fingerprint density at radius 3 is 2.68 bits per heavy atom. The van der Waals surface area contributed by atoms with Crippen molar-refractivity contribution in [2.75, 3.05) is 19.8 Å². The molecule has 0 amide bonds. The van der Waals surface area contributed by atoms with Crippen LogP contribution in [0.5, 0.6) is 0 Å². The molecule has 0 saturated carbocycles. The summed E-state index contributed by atoms with van der Waals surface area (Å²) in [5.74, 6) is 0. The van der Waals surface area contributed by atoms with Crippen molar-refractivity contribution in [2.24, 2.45) is 0 Å². The zero-order valence-corrected chi connectivity index (χ0v) is 13.3. The van der Waals surface area contributed by atoms with Crippen LogP contribution in [0.2, 0.25) is 5.02 Å². The van der Waals surface area contributed by atoms with Crippen LogP contribution >= 0.6 is 11.6 Å². The van der Waals surface area contributed by atoms with Crippen LogP contribution in [-0.4, -0.2) is 35.6 Å². The van der Waals surface area contributed by atoms with Gasteiger partial charge in [-0.1, -0.05) is 18.5 Å². The Balaban J connectivity index is 2.72. The molecule has 0 spiro atoms. The van der Waals surface area contributed by atoms with E-state index in [1.165, 1.54) is 0 Å². The van der Waals surface area contributed by atoms with Crippen LogP contribution in [0.1, 0.15) is 38.6 Å². The number of nitrogens with zero attached hydrogens (tertiary/aromatic N) is 2. The van der Waals surface area contributed by atoms with Gasteiger partial charge in [-0.25, -0.2) is 0 Å². The number of hydrogen-bond donors (Lipinski definition) is 1. The van der Waals surface area contributed by atoms with Gasteiger partial charge >= 0.3 is 0 Å². The first-order chi connectivity index (χ1) is 9.13. The van der Waals surface area contributed by atoms with E-state index in [0.29, 0.717) is 6.04 Å². The van der Waals surface area contributed by atoms with E-state index in [2.05, 4.69) is 24.3 Å². The molecule has 4 nitrogen and oxygen atoms in total. The zero-order valence-electron chi connectivity index (χ0n) is 12.5. The Labute approximate surface area is 121 Å². The molecule has 0 aliphatic heterocycles. The molecule has 110 valence electrons. The van der Waals surface area contributed by atoms with Gasteiger partial charge in [0.25, 0.3) is 0 Å². The average molecular weight is 288 g/mol. The minimum absolute atomic E-state index is 0.385. The van der Waals surface area contributed by atoms with E-state index in [0.717, 1.165) is 55.6 Å². The molecule has 1 aromatic heterocycles. The van der Waals surface area contributed by atoms with Crippen molar-refractivity contribution in [3.8, 4) is 0 Å². The lowest BCUT2D eigenvalue weighted by Gasteiger charge is -2.18. The Morgan fingerprint density at radius 2 is 2.11 bits per heavy atom. The van der Waals surface area contributed by atoms with Crippen LogP contribution in [-0.2, 0) is 17.7 Å². The van der Waals surface area contributed by atoms with E-state index in [-0.39, 0.29) is 0 Å². The number of nitrogens with one attached hydrogen (secondary N) is 1. The van der Waals surface area contributed by atoms with Crippen LogP contribution in [0, 0.1) is 6.92 Å². The monoisotopic (exact) mass is 287 g/mol. The van der Waals surface area contributed by atoms with Crippen LogP contribution < -0.4 is 5.32 Å². The van der Waals surface area contributed by atoms with Crippen LogP contribution in [0.4, 0.5) is 0 Å². The van der Waals surface area contributed by atoms with Gasteiger partial charge < -0.3 is 10.1 Å². The Kier molecular flexibility index (Phi) is 7.42. The number of aromatic nitrogens is 2. The van der Waals surface area contributed by atoms with E-state index in [4.69, 9.17) is 16.3 Å². The van der Waals surface area contributed by atoms with Gasteiger partial charge in [0.05, 0.1) is 16.4 Å². The van der Waals surface area contributed by atoms with Crippen LogP contribution in [0.3, 0.4) is 0 Å². The molecule has 0 saturated heterocycles. The summed E-state index contributed by atoms with van der Waals surface area (Å²) in [5.41, 5.74) is 2.04. The zero-order chi connectivity index (χ0) is 14.3. The van der Waals surface area contributed by atoms with Crippen molar-refractivity contribution < 1.29 is 4.74 Å². The summed E-state index contributed by atoms with van der Waals surface area (Å²) in [6, 6.07) is 0.385. The molecule has 1 N–H and O–H groups in total. The second-order valence-corrected chi connectivity index (χ2v) is 4.98. The lowest BCUT2D eigenvalue weighted by Crippen LogP contribution is -2.33. The first kappa shape index (κ1) is 16.5. The largest absolute Gasteiger partial charge is 0.382 e. The van der Waals surface area contributed by atoms with Crippen molar-refractivity contribution in [2.45, 2.75) is 53.1 Å². The maximum atomic E-state index is 6.36. The number of halogens is 1. The topological polar surface area (TPSA) is 39.1 Å². The van der Waals surface area contributed by atoms with E-state index < -0.39 is 0 Å². The standard InChI is InChI=1S/C14H26ClN3O/c1-5-16-12(8-9-19-7-3)10-13-14(15)11(4)17-18(13)6-2/h12,16H,5-10H2,1-4H3. The fourth-order valence-electron chi connectivity index (χ4n) is 2.23. The van der Waals surface area contributed by atoms with Crippen molar-refractivity contribution >= 4 is 11.6 Å². The summed E-state index contributed by atoms with van der Waals surface area (Å²) in [6.45, 7) is 11.6. The first-order valence-corrected chi connectivity index (χ1v) is 7.54. The summed E-state index contributed by atoms with van der Waals surface area (Å²) in [4.78, 5) is 0. The molecule has 1 rings (SSSR count). The maximum Gasteiger partial charge on any atom is 0.0847 e. The maximum absolute atomic E-state index is 6.36. The number of hydrogen-bond acceptors (Lipinski definition) is 3. The van der Waals surface area contributed by atoms with Gasteiger partial charge in [-0.2, -0.15) is 5.10 Å². The third-order valence-electron chi connectivity index (χ3n) is 3.20. The molecule has 0 bridgehead atoms. The van der Waals surface area contributed by atoms with Crippen molar-refractivity contribution in [3.63, 3.8) is 0 Å². The second kappa shape index (κ2) is 8.56. The lowest BCUT2D eigenvalue weighted by molar-refractivity contribution is 0.136. The second-order valence-electron chi connectivity index (χ2n) is 4.61. The minimum atomic E-state index is 0.385. The predicted molar refractivity (Wildman–Crippen MR) is 79.9 cm³/mol. The Bertz CT molecular complexity index is 379. The van der Waals surface area contributed by atoms with Gasteiger partial charge in [0, 0.05) is 32.2 Å². The fourth-order valence-corrected chi connectivity index (χ4v) is 2.44. The lowest BCUT2D eigenvalue weighted by atomic mass is 10.1. The van der Waals surface area contributed by atoms with E-state index in [1.54, 1.807) is 0 Å². The fraction of sp³-hybridized carbons (Fsp3) is 0.786. The molecule has 0 fully saturated rings. The highest BCUT2D eigenvalue weighted by atomic mass is 35.5. The molecule has 5 heteroatoms. The molecule has 1 atom stereocenters. The van der Waals surface area contributed by atoms with Crippen LogP contribution in [0.25, 0.3) is 0 Å². The smallest absolute Gasteiger partial charge is 0.0847 e. The molecule has 0 aliphatic carbocycles. The van der Waals surface area contributed by atoms with E-state index in [1.807, 2.05) is 18.5 Å². The van der Waals surface area contributed by atoms with Gasteiger partial charge in [-0.15, -0.1) is 0 Å². The highest BCUT2D eigenvalue weighted by molar-refractivity contribution is 6.31. The molecule has 1 unspecified atom stereocenters. The first-order valence-electron chi connectivity index (χ1n) is 7.16. The molecule has 19 heavy (non-hydrogen) atoms.